The van der Waals surface area contributed by atoms with Gasteiger partial charge in [0.25, 0.3) is 0 Å². The van der Waals surface area contributed by atoms with E-state index in [9.17, 15) is 5.11 Å². The summed E-state index contributed by atoms with van der Waals surface area (Å²) in [6, 6.07) is 0. The number of β-amino-alcohol motifs (C(OH)–C–C–N with tert-alkyl or cyclic N) is 1. The van der Waals surface area contributed by atoms with E-state index in [1.165, 1.54) is 9.88 Å². The smallest absolute Gasteiger partial charge is 0.0930 e. The molecule has 2 heterocycles. The molecule has 1 aromatic heterocycles. The molecule has 0 spiro atoms. The van der Waals surface area contributed by atoms with Crippen LogP contribution in [0.25, 0.3) is 0 Å². The first-order chi connectivity index (χ1) is 8.65. The second kappa shape index (κ2) is 6.61. The lowest BCUT2D eigenvalue weighted by Gasteiger charge is -2.13. The zero-order valence-corrected chi connectivity index (χ0v) is 12.0. The van der Waals surface area contributed by atoms with Gasteiger partial charge in [0.2, 0.25) is 0 Å². The van der Waals surface area contributed by atoms with Crippen LogP contribution in [0.2, 0.25) is 0 Å². The van der Waals surface area contributed by atoms with Crippen LogP contribution in [-0.2, 0) is 13.0 Å². The number of aliphatic hydroxyl groups is 1. The molecule has 4 nitrogen and oxygen atoms in total. The fraction of sp³-hybridized carbons (Fsp3) is 0.769. The maximum absolute atomic E-state index is 9.68. The van der Waals surface area contributed by atoms with Crippen molar-refractivity contribution in [3.8, 4) is 0 Å². The van der Waals surface area contributed by atoms with Crippen LogP contribution in [0.3, 0.4) is 0 Å². The molecule has 1 fully saturated rings. The number of aromatic nitrogens is 1. The summed E-state index contributed by atoms with van der Waals surface area (Å²) in [6.07, 6.45) is 2.84. The van der Waals surface area contributed by atoms with E-state index >= 15 is 0 Å². The van der Waals surface area contributed by atoms with Gasteiger partial charge in [-0.15, -0.1) is 11.3 Å². The molecule has 1 aliphatic heterocycles. The van der Waals surface area contributed by atoms with E-state index in [1.54, 1.807) is 11.3 Å². The highest BCUT2D eigenvalue weighted by atomic mass is 32.1. The van der Waals surface area contributed by atoms with Crippen LogP contribution in [0.15, 0.2) is 6.20 Å². The van der Waals surface area contributed by atoms with E-state index in [0.29, 0.717) is 11.8 Å². The van der Waals surface area contributed by atoms with Gasteiger partial charge in [0.1, 0.15) is 0 Å². The maximum Gasteiger partial charge on any atom is 0.0930 e. The van der Waals surface area contributed by atoms with Gasteiger partial charge in [0, 0.05) is 49.6 Å². The van der Waals surface area contributed by atoms with Crippen LogP contribution in [0.5, 0.6) is 0 Å². The first-order valence-electron chi connectivity index (χ1n) is 6.68. The monoisotopic (exact) mass is 269 g/mol. The van der Waals surface area contributed by atoms with Crippen LogP contribution in [0, 0.1) is 11.8 Å². The average Bonchev–Trinajstić information content (AvgIpc) is 2.89. The Kier molecular flexibility index (Phi) is 5.12. The molecular formula is C13H23N3OS. The number of rotatable bonds is 6. The molecule has 1 saturated heterocycles. The van der Waals surface area contributed by atoms with Gasteiger partial charge < -0.3 is 15.7 Å². The van der Waals surface area contributed by atoms with E-state index in [4.69, 9.17) is 0 Å². The van der Waals surface area contributed by atoms with Crippen LogP contribution < -0.4 is 10.6 Å². The highest BCUT2D eigenvalue weighted by Gasteiger charge is 2.24. The Labute approximate surface area is 113 Å². The Morgan fingerprint density at radius 2 is 2.39 bits per heavy atom. The summed E-state index contributed by atoms with van der Waals surface area (Å²) < 4.78 is 0. The maximum atomic E-state index is 9.68. The SMILES string of the molecule is CC(C)Cc1ncc(CNCC2CNCC2O)s1. The van der Waals surface area contributed by atoms with Crippen LogP contribution in [0.1, 0.15) is 23.7 Å². The number of aliphatic hydroxyl groups excluding tert-OH is 1. The van der Waals surface area contributed by atoms with Crippen molar-refractivity contribution in [3.63, 3.8) is 0 Å². The Morgan fingerprint density at radius 3 is 3.06 bits per heavy atom. The molecule has 102 valence electrons. The van der Waals surface area contributed by atoms with Crippen LogP contribution in [-0.4, -0.2) is 35.8 Å². The fourth-order valence-corrected chi connectivity index (χ4v) is 3.29. The predicted molar refractivity (Wildman–Crippen MR) is 74.7 cm³/mol. The molecule has 1 aromatic rings. The lowest BCUT2D eigenvalue weighted by molar-refractivity contribution is 0.146. The minimum absolute atomic E-state index is 0.199. The van der Waals surface area contributed by atoms with Gasteiger partial charge in [-0.05, 0) is 5.92 Å². The summed E-state index contributed by atoms with van der Waals surface area (Å²) in [4.78, 5) is 5.72. The van der Waals surface area contributed by atoms with Gasteiger partial charge in [-0.2, -0.15) is 0 Å². The van der Waals surface area contributed by atoms with E-state index < -0.39 is 0 Å². The van der Waals surface area contributed by atoms with Crippen molar-refractivity contribution in [3.05, 3.63) is 16.1 Å². The fourth-order valence-electron chi connectivity index (χ4n) is 2.18. The summed E-state index contributed by atoms with van der Waals surface area (Å²) in [5.41, 5.74) is 0. The zero-order valence-electron chi connectivity index (χ0n) is 11.1. The van der Waals surface area contributed by atoms with E-state index in [1.807, 2.05) is 6.20 Å². The predicted octanol–water partition coefficient (Wildman–Crippen LogP) is 1.01. The quantitative estimate of drug-likeness (QED) is 0.721. The summed E-state index contributed by atoms with van der Waals surface area (Å²) in [6.45, 7) is 7.80. The molecule has 18 heavy (non-hydrogen) atoms. The Hall–Kier alpha value is -0.490. The summed E-state index contributed by atoms with van der Waals surface area (Å²) in [5, 5.41) is 17.5. The molecule has 2 rings (SSSR count). The first kappa shape index (κ1) is 13.9. The first-order valence-corrected chi connectivity index (χ1v) is 7.50. The van der Waals surface area contributed by atoms with Gasteiger partial charge in [-0.1, -0.05) is 13.8 Å². The lowest BCUT2D eigenvalue weighted by atomic mass is 10.1. The second-order valence-corrected chi connectivity index (χ2v) is 6.63. The Balaban J connectivity index is 1.71. The number of nitrogens with zero attached hydrogens (tertiary/aromatic N) is 1. The minimum Gasteiger partial charge on any atom is -0.391 e. The molecule has 0 saturated carbocycles. The molecule has 2 unspecified atom stereocenters. The molecule has 2 atom stereocenters. The average molecular weight is 269 g/mol. The van der Waals surface area contributed by atoms with E-state index in [2.05, 4.69) is 29.5 Å². The van der Waals surface area contributed by atoms with Gasteiger partial charge in [0.05, 0.1) is 11.1 Å². The normalized spacial score (nSPS) is 24.0. The molecule has 0 aliphatic carbocycles. The van der Waals surface area contributed by atoms with Gasteiger partial charge in [0.15, 0.2) is 0 Å². The number of nitrogens with one attached hydrogen (secondary N) is 2. The molecule has 0 radical (unpaired) electrons. The van der Waals surface area contributed by atoms with Crippen molar-refractivity contribution in [1.29, 1.82) is 0 Å². The summed E-state index contributed by atoms with van der Waals surface area (Å²) >= 11 is 1.79. The summed E-state index contributed by atoms with van der Waals surface area (Å²) in [5.74, 6) is 1.00. The molecule has 0 amide bonds. The third-order valence-electron chi connectivity index (χ3n) is 3.19. The second-order valence-electron chi connectivity index (χ2n) is 5.43. The van der Waals surface area contributed by atoms with Crippen molar-refractivity contribution in [2.75, 3.05) is 19.6 Å². The number of thiazole rings is 1. The zero-order chi connectivity index (χ0) is 13.0. The lowest BCUT2D eigenvalue weighted by Crippen LogP contribution is -2.29. The molecule has 0 bridgehead atoms. The topological polar surface area (TPSA) is 57.2 Å². The third-order valence-corrected chi connectivity index (χ3v) is 4.21. The summed E-state index contributed by atoms with van der Waals surface area (Å²) in [7, 11) is 0. The minimum atomic E-state index is -0.199. The van der Waals surface area contributed by atoms with E-state index in [0.717, 1.165) is 32.6 Å². The van der Waals surface area contributed by atoms with E-state index in [-0.39, 0.29) is 6.10 Å². The van der Waals surface area contributed by atoms with Gasteiger partial charge in [-0.3, -0.25) is 0 Å². The largest absolute Gasteiger partial charge is 0.391 e. The van der Waals surface area contributed by atoms with Crippen molar-refractivity contribution in [2.24, 2.45) is 11.8 Å². The highest BCUT2D eigenvalue weighted by Crippen LogP contribution is 2.16. The standard InChI is InChI=1S/C13H23N3OS/c1-9(2)3-13-16-7-11(18-13)6-14-4-10-5-15-8-12(10)17/h7,9-10,12,14-15,17H,3-6,8H2,1-2H3. The van der Waals surface area contributed by atoms with Gasteiger partial charge >= 0.3 is 0 Å². The van der Waals surface area contributed by atoms with Crippen molar-refractivity contribution in [2.45, 2.75) is 32.9 Å². The van der Waals surface area contributed by atoms with Crippen molar-refractivity contribution < 1.29 is 5.11 Å². The molecule has 1 aliphatic rings. The Bertz CT molecular complexity index is 367. The number of hydrogen-bond donors (Lipinski definition) is 3. The highest BCUT2D eigenvalue weighted by molar-refractivity contribution is 7.11. The molecular weight excluding hydrogens is 246 g/mol. The molecule has 5 heteroatoms. The third kappa shape index (κ3) is 4.02. The van der Waals surface area contributed by atoms with Crippen LogP contribution >= 0.6 is 11.3 Å². The van der Waals surface area contributed by atoms with Crippen LogP contribution in [0.4, 0.5) is 0 Å². The molecule has 3 N–H and O–H groups in total. The van der Waals surface area contributed by atoms with Gasteiger partial charge in [-0.25, -0.2) is 4.98 Å². The Morgan fingerprint density at radius 1 is 1.56 bits per heavy atom. The number of hydrogen-bond acceptors (Lipinski definition) is 5. The van der Waals surface area contributed by atoms with Crippen molar-refractivity contribution in [1.82, 2.24) is 15.6 Å². The van der Waals surface area contributed by atoms with Crippen molar-refractivity contribution >= 4 is 11.3 Å². The molecule has 0 aromatic carbocycles.